The van der Waals surface area contributed by atoms with Crippen molar-refractivity contribution in [1.82, 2.24) is 9.97 Å². The number of para-hydroxylation sites is 1. The van der Waals surface area contributed by atoms with Crippen LogP contribution in [0.15, 0.2) is 59.5 Å². The van der Waals surface area contributed by atoms with Gasteiger partial charge in [-0.05, 0) is 43.7 Å². The van der Waals surface area contributed by atoms with E-state index in [-0.39, 0.29) is 12.7 Å². The van der Waals surface area contributed by atoms with Gasteiger partial charge < -0.3 is 14.8 Å². The molecule has 0 spiro atoms. The zero-order chi connectivity index (χ0) is 24.4. The molecule has 0 amide bonds. The molecule has 2 N–H and O–H groups in total. The monoisotopic (exact) mass is 516 g/mol. The molecule has 4 aromatic rings. The van der Waals surface area contributed by atoms with Gasteiger partial charge in [0.15, 0.2) is 0 Å². The number of H-pyrrole nitrogens is 1. The summed E-state index contributed by atoms with van der Waals surface area (Å²) in [5, 5.41) is 11.0. The number of aromatic amines is 1. The molecule has 178 valence electrons. The minimum Gasteiger partial charge on any atom is -0.490 e. The van der Waals surface area contributed by atoms with Crippen molar-refractivity contribution >= 4 is 45.0 Å². The third kappa shape index (κ3) is 4.86. The third-order valence-electron chi connectivity index (χ3n) is 5.53. The molecule has 0 aliphatic carbocycles. The lowest BCUT2D eigenvalue weighted by atomic mass is 9.99. The normalized spacial score (nSPS) is 13.4. The van der Waals surface area contributed by atoms with Crippen LogP contribution in [0.1, 0.15) is 38.1 Å². The number of aliphatic hydroxyl groups excluding tert-OH is 1. The fraction of sp³-hybridized carbons (Fsp3) is 0.269. The first-order chi connectivity index (χ1) is 16.3. The number of aromatic nitrogens is 2. The molecule has 0 aliphatic rings. The van der Waals surface area contributed by atoms with E-state index >= 15 is 0 Å². The van der Waals surface area contributed by atoms with Crippen LogP contribution in [-0.2, 0) is 10.8 Å². The van der Waals surface area contributed by atoms with Crippen LogP contribution in [0, 0.1) is 0 Å². The number of nitrogens with zero attached hydrogens (tertiary/aromatic N) is 1. The first-order valence-electron chi connectivity index (χ1n) is 11.1. The van der Waals surface area contributed by atoms with Crippen LogP contribution in [0.5, 0.6) is 5.75 Å². The molecule has 0 fully saturated rings. The Labute approximate surface area is 211 Å². The number of aliphatic hydroxyl groups is 1. The zero-order valence-corrected chi connectivity index (χ0v) is 21.5. The maximum absolute atomic E-state index is 12.1. The van der Waals surface area contributed by atoms with Gasteiger partial charge in [0.1, 0.15) is 17.1 Å². The van der Waals surface area contributed by atoms with Crippen LogP contribution in [0.3, 0.4) is 0 Å². The Balaban J connectivity index is 1.78. The molecule has 0 radical (unpaired) electrons. The smallest absolute Gasteiger partial charge is 0.127 e. The van der Waals surface area contributed by atoms with Crippen molar-refractivity contribution < 1.29 is 14.1 Å². The van der Waals surface area contributed by atoms with Crippen molar-refractivity contribution in [3.8, 4) is 16.9 Å². The minimum absolute atomic E-state index is 0.00845. The number of hydrogen-bond donors (Lipinski definition) is 2. The maximum atomic E-state index is 12.1. The molecule has 1 aromatic heterocycles. The number of fused-ring (bicyclic) bond motifs is 1. The average Bonchev–Trinajstić information content (AvgIpc) is 3.24. The summed E-state index contributed by atoms with van der Waals surface area (Å²) in [5.41, 5.74) is 3.54. The fourth-order valence-corrected chi connectivity index (χ4v) is 5.38. The second-order valence-electron chi connectivity index (χ2n) is 8.17. The summed E-state index contributed by atoms with van der Waals surface area (Å²) in [7, 11) is -1.03. The molecule has 8 heteroatoms. The lowest BCUT2D eigenvalue weighted by Gasteiger charge is -2.16. The van der Waals surface area contributed by atoms with E-state index in [1.807, 2.05) is 69.3 Å². The lowest BCUT2D eigenvalue weighted by molar-refractivity contribution is 0.243. The Kier molecular flexibility index (Phi) is 7.63. The Hall–Kier alpha value is -2.38. The van der Waals surface area contributed by atoms with Crippen LogP contribution in [0.25, 0.3) is 22.2 Å². The van der Waals surface area contributed by atoms with Crippen LogP contribution < -0.4 is 4.74 Å². The van der Waals surface area contributed by atoms with Gasteiger partial charge in [0, 0.05) is 21.8 Å². The van der Waals surface area contributed by atoms with E-state index in [2.05, 4.69) is 4.98 Å². The SMILES string of the molecule is CCS(=O)c1ccc(C(CO)c2nc3c(Cl)c(-c4ccccc4OC(C)C)c(Cl)cc3[nH]2)cc1. The van der Waals surface area contributed by atoms with Gasteiger partial charge in [-0.25, -0.2) is 4.98 Å². The topological polar surface area (TPSA) is 75.2 Å². The van der Waals surface area contributed by atoms with E-state index in [0.29, 0.717) is 44.0 Å². The molecular formula is C26H26Cl2N2O3S. The number of imidazole rings is 1. The second-order valence-corrected chi connectivity index (χ2v) is 10.7. The van der Waals surface area contributed by atoms with Gasteiger partial charge in [-0.1, -0.05) is 60.5 Å². The summed E-state index contributed by atoms with van der Waals surface area (Å²) < 4.78 is 18.0. The molecule has 0 aliphatic heterocycles. The van der Waals surface area contributed by atoms with E-state index in [0.717, 1.165) is 16.0 Å². The number of ether oxygens (including phenoxy) is 1. The largest absolute Gasteiger partial charge is 0.490 e. The highest BCUT2D eigenvalue weighted by Crippen LogP contribution is 2.43. The first-order valence-corrected chi connectivity index (χ1v) is 13.1. The summed E-state index contributed by atoms with van der Waals surface area (Å²) in [6.45, 7) is 5.65. The molecule has 5 nitrogen and oxygen atoms in total. The summed E-state index contributed by atoms with van der Waals surface area (Å²) in [6.07, 6.45) is -0.00845. The van der Waals surface area contributed by atoms with Gasteiger partial charge in [-0.2, -0.15) is 0 Å². The zero-order valence-electron chi connectivity index (χ0n) is 19.1. The molecule has 3 aromatic carbocycles. The minimum atomic E-state index is -1.03. The standard InChI is InChI=1S/C26H26Cl2N2O3S/c1-4-34(32)17-11-9-16(10-12-17)19(14-31)26-29-21-13-20(27)23(24(28)25(21)30-26)18-7-5-6-8-22(18)33-15(2)3/h5-13,15,19,31H,4,14H2,1-3H3,(H,29,30). The number of benzene rings is 3. The van der Waals surface area contributed by atoms with Gasteiger partial charge in [-0.3, -0.25) is 4.21 Å². The van der Waals surface area contributed by atoms with Crippen LogP contribution in [-0.4, -0.2) is 37.7 Å². The van der Waals surface area contributed by atoms with E-state index < -0.39 is 16.7 Å². The Morgan fingerprint density at radius 3 is 2.47 bits per heavy atom. The molecule has 34 heavy (non-hydrogen) atoms. The first kappa shape index (κ1) is 24.7. The quantitative estimate of drug-likeness (QED) is 0.277. The lowest BCUT2D eigenvalue weighted by Crippen LogP contribution is -2.08. The predicted molar refractivity (Wildman–Crippen MR) is 140 cm³/mol. The van der Waals surface area contributed by atoms with Crippen molar-refractivity contribution in [1.29, 1.82) is 0 Å². The second kappa shape index (κ2) is 10.5. The molecule has 4 rings (SSSR count). The number of hydrogen-bond acceptors (Lipinski definition) is 4. The summed E-state index contributed by atoms with van der Waals surface area (Å²) in [4.78, 5) is 8.77. The molecule has 0 bridgehead atoms. The number of rotatable bonds is 8. The Bertz CT molecular complexity index is 1340. The summed E-state index contributed by atoms with van der Waals surface area (Å²) in [6, 6.07) is 16.8. The van der Waals surface area contributed by atoms with E-state index in [1.165, 1.54) is 0 Å². The van der Waals surface area contributed by atoms with Crippen molar-refractivity contribution in [3.05, 3.63) is 76.0 Å². The number of nitrogens with one attached hydrogen (secondary N) is 1. The van der Waals surface area contributed by atoms with Crippen LogP contribution in [0.4, 0.5) is 0 Å². The van der Waals surface area contributed by atoms with Crippen molar-refractivity contribution in [3.63, 3.8) is 0 Å². The van der Waals surface area contributed by atoms with Crippen molar-refractivity contribution in [2.24, 2.45) is 0 Å². The molecule has 0 saturated heterocycles. The van der Waals surface area contributed by atoms with E-state index in [4.69, 9.17) is 32.9 Å². The van der Waals surface area contributed by atoms with E-state index in [1.54, 1.807) is 6.07 Å². The molecular weight excluding hydrogens is 491 g/mol. The van der Waals surface area contributed by atoms with Crippen LogP contribution >= 0.6 is 23.2 Å². The van der Waals surface area contributed by atoms with Crippen LogP contribution in [0.2, 0.25) is 10.0 Å². The number of halogens is 2. The summed E-state index contributed by atoms with van der Waals surface area (Å²) >= 11 is 13.5. The maximum Gasteiger partial charge on any atom is 0.127 e. The van der Waals surface area contributed by atoms with E-state index in [9.17, 15) is 9.32 Å². The highest BCUT2D eigenvalue weighted by molar-refractivity contribution is 7.85. The summed E-state index contributed by atoms with van der Waals surface area (Å²) in [5.74, 6) is 1.42. The third-order valence-corrected chi connectivity index (χ3v) is 7.52. The molecule has 1 heterocycles. The van der Waals surface area contributed by atoms with Gasteiger partial charge in [0.25, 0.3) is 0 Å². The fourth-order valence-electron chi connectivity index (χ4n) is 3.91. The molecule has 2 atom stereocenters. The highest BCUT2D eigenvalue weighted by Gasteiger charge is 2.23. The van der Waals surface area contributed by atoms with Crippen molar-refractivity contribution in [2.75, 3.05) is 12.4 Å². The predicted octanol–water partition coefficient (Wildman–Crippen LogP) is 6.58. The van der Waals surface area contributed by atoms with Crippen molar-refractivity contribution in [2.45, 2.75) is 37.7 Å². The molecule has 2 unspecified atom stereocenters. The van der Waals surface area contributed by atoms with Gasteiger partial charge in [-0.15, -0.1) is 0 Å². The Morgan fingerprint density at radius 2 is 1.82 bits per heavy atom. The molecule has 0 saturated carbocycles. The Morgan fingerprint density at radius 1 is 1.12 bits per heavy atom. The van der Waals surface area contributed by atoms with Gasteiger partial charge >= 0.3 is 0 Å². The average molecular weight is 517 g/mol. The highest BCUT2D eigenvalue weighted by atomic mass is 35.5. The van der Waals surface area contributed by atoms with Gasteiger partial charge in [0.05, 0.1) is 45.0 Å². The van der Waals surface area contributed by atoms with Gasteiger partial charge in [0.2, 0.25) is 0 Å².